The molecule has 2 N–H and O–H groups in total. The van der Waals surface area contributed by atoms with Gasteiger partial charge in [-0.05, 0) is 24.3 Å². The molecule has 8 nitrogen and oxygen atoms in total. The number of aromatic nitrogens is 2. The number of nitrogens with zero attached hydrogens (tertiary/aromatic N) is 3. The van der Waals surface area contributed by atoms with E-state index in [9.17, 15) is 14.7 Å². The zero-order valence-electron chi connectivity index (χ0n) is 14.3. The number of carbonyl (C=O) groups is 2. The second-order valence-corrected chi connectivity index (χ2v) is 6.46. The van der Waals surface area contributed by atoms with Crippen molar-refractivity contribution in [2.75, 3.05) is 37.7 Å². The Kier molecular flexibility index (Phi) is 4.34. The van der Waals surface area contributed by atoms with Crippen LogP contribution >= 0.6 is 0 Å². The third kappa shape index (κ3) is 3.03. The van der Waals surface area contributed by atoms with E-state index in [1.165, 1.54) is 0 Å². The van der Waals surface area contributed by atoms with Gasteiger partial charge in [0.15, 0.2) is 5.69 Å². The Hall–Kier alpha value is -2.87. The van der Waals surface area contributed by atoms with E-state index in [-0.39, 0.29) is 18.1 Å². The number of nitrogens with one attached hydrogen (secondary N) is 1. The average Bonchev–Trinajstić information content (AvgIpc) is 3.12. The molecule has 0 atom stereocenters. The molecular formula is C18H20N4O4. The Balaban J connectivity index is 1.49. The Bertz CT molecular complexity index is 824. The number of hydrogen-bond acceptors (Lipinski definition) is 5. The summed E-state index contributed by atoms with van der Waals surface area (Å²) in [7, 11) is 0. The first-order chi connectivity index (χ1) is 12.6. The number of fused-ring (bicyclic) bond motifs is 1. The SMILES string of the molecule is O=C(O)c1n[nH]c2c1CN(C(=O)c1ccc(N3CCOCC3)cc1)CC2. The lowest BCUT2D eigenvalue weighted by molar-refractivity contribution is 0.0674. The number of anilines is 1. The van der Waals surface area contributed by atoms with E-state index in [1.807, 2.05) is 24.3 Å². The minimum Gasteiger partial charge on any atom is -0.476 e. The molecule has 8 heteroatoms. The van der Waals surface area contributed by atoms with Crippen molar-refractivity contribution in [3.05, 3.63) is 46.8 Å². The van der Waals surface area contributed by atoms with Crippen molar-refractivity contribution < 1.29 is 19.4 Å². The van der Waals surface area contributed by atoms with Crippen LogP contribution < -0.4 is 4.90 Å². The highest BCUT2D eigenvalue weighted by Gasteiger charge is 2.28. The molecule has 2 aliphatic heterocycles. The highest BCUT2D eigenvalue weighted by Crippen LogP contribution is 2.23. The first kappa shape index (κ1) is 16.6. The van der Waals surface area contributed by atoms with Gasteiger partial charge in [0.05, 0.1) is 19.8 Å². The van der Waals surface area contributed by atoms with Crippen molar-refractivity contribution in [2.45, 2.75) is 13.0 Å². The highest BCUT2D eigenvalue weighted by molar-refractivity contribution is 5.95. The second kappa shape index (κ2) is 6.80. The van der Waals surface area contributed by atoms with Gasteiger partial charge in [-0.3, -0.25) is 9.89 Å². The minimum atomic E-state index is -1.08. The molecule has 1 aromatic carbocycles. The molecule has 26 heavy (non-hydrogen) atoms. The summed E-state index contributed by atoms with van der Waals surface area (Å²) in [6.45, 7) is 3.93. The monoisotopic (exact) mass is 356 g/mol. The highest BCUT2D eigenvalue weighted by atomic mass is 16.5. The summed E-state index contributed by atoms with van der Waals surface area (Å²) in [6.07, 6.45) is 0.577. The van der Waals surface area contributed by atoms with E-state index in [4.69, 9.17) is 4.74 Å². The van der Waals surface area contributed by atoms with Crippen LogP contribution in [0.4, 0.5) is 5.69 Å². The molecule has 0 unspecified atom stereocenters. The van der Waals surface area contributed by atoms with Gasteiger partial charge in [-0.2, -0.15) is 5.10 Å². The van der Waals surface area contributed by atoms with E-state index in [1.54, 1.807) is 4.90 Å². The normalized spacial score (nSPS) is 17.1. The third-order valence-corrected chi connectivity index (χ3v) is 4.91. The van der Waals surface area contributed by atoms with E-state index in [0.29, 0.717) is 37.3 Å². The lowest BCUT2D eigenvalue weighted by Crippen LogP contribution is -2.37. The van der Waals surface area contributed by atoms with Gasteiger partial charge in [0, 0.05) is 48.6 Å². The number of rotatable bonds is 3. The molecule has 0 bridgehead atoms. The quantitative estimate of drug-likeness (QED) is 0.856. The van der Waals surface area contributed by atoms with Crippen LogP contribution in [0.25, 0.3) is 0 Å². The molecule has 0 aliphatic carbocycles. The van der Waals surface area contributed by atoms with Crippen LogP contribution in [-0.2, 0) is 17.7 Å². The fourth-order valence-corrected chi connectivity index (χ4v) is 3.46. The number of aromatic amines is 1. The molecule has 0 spiro atoms. The molecule has 2 aliphatic rings. The number of H-pyrrole nitrogens is 1. The average molecular weight is 356 g/mol. The minimum absolute atomic E-state index is 0.000153. The van der Waals surface area contributed by atoms with Crippen molar-refractivity contribution in [3.8, 4) is 0 Å². The van der Waals surface area contributed by atoms with E-state index >= 15 is 0 Å². The van der Waals surface area contributed by atoms with Crippen LogP contribution in [0.15, 0.2) is 24.3 Å². The number of amides is 1. The van der Waals surface area contributed by atoms with E-state index < -0.39 is 5.97 Å². The maximum Gasteiger partial charge on any atom is 0.356 e. The third-order valence-electron chi connectivity index (χ3n) is 4.91. The Morgan fingerprint density at radius 1 is 1.12 bits per heavy atom. The predicted octanol–water partition coefficient (Wildman–Crippen LogP) is 1.14. The van der Waals surface area contributed by atoms with E-state index in [0.717, 1.165) is 24.5 Å². The zero-order chi connectivity index (χ0) is 18.1. The first-order valence-corrected chi connectivity index (χ1v) is 8.65. The molecule has 1 amide bonds. The molecule has 136 valence electrons. The molecule has 3 heterocycles. The molecule has 0 saturated carbocycles. The first-order valence-electron chi connectivity index (χ1n) is 8.65. The van der Waals surface area contributed by atoms with Gasteiger partial charge >= 0.3 is 5.97 Å². The summed E-state index contributed by atoms with van der Waals surface area (Å²) in [5, 5.41) is 15.8. The summed E-state index contributed by atoms with van der Waals surface area (Å²) in [5.41, 5.74) is 3.08. The standard InChI is InChI=1S/C18H20N4O4/c23-17(12-1-3-13(4-2-12)21-7-9-26-10-8-21)22-6-5-15-14(11-22)16(18(24)25)20-19-15/h1-4H,5-11H2,(H,19,20)(H,24,25). The number of ether oxygens (including phenoxy) is 1. The smallest absolute Gasteiger partial charge is 0.356 e. The number of hydrogen-bond donors (Lipinski definition) is 2. The van der Waals surface area contributed by atoms with Crippen molar-refractivity contribution in [3.63, 3.8) is 0 Å². The van der Waals surface area contributed by atoms with Crippen LogP contribution in [0, 0.1) is 0 Å². The number of carboxylic acids is 1. The van der Waals surface area contributed by atoms with Gasteiger partial charge in [-0.1, -0.05) is 0 Å². The van der Waals surface area contributed by atoms with Gasteiger partial charge in [0.25, 0.3) is 5.91 Å². The zero-order valence-corrected chi connectivity index (χ0v) is 14.3. The molecule has 0 radical (unpaired) electrons. The van der Waals surface area contributed by atoms with Gasteiger partial charge < -0.3 is 19.6 Å². The fraction of sp³-hybridized carbons (Fsp3) is 0.389. The van der Waals surface area contributed by atoms with Crippen molar-refractivity contribution in [2.24, 2.45) is 0 Å². The summed E-state index contributed by atoms with van der Waals surface area (Å²) in [6, 6.07) is 7.56. The largest absolute Gasteiger partial charge is 0.476 e. The van der Waals surface area contributed by atoms with Gasteiger partial charge in [0.2, 0.25) is 0 Å². The summed E-state index contributed by atoms with van der Waals surface area (Å²) in [5.74, 6) is -1.17. The van der Waals surface area contributed by atoms with Gasteiger partial charge in [0.1, 0.15) is 0 Å². The fourth-order valence-electron chi connectivity index (χ4n) is 3.46. The summed E-state index contributed by atoms with van der Waals surface area (Å²) in [4.78, 5) is 28.0. The van der Waals surface area contributed by atoms with Crippen LogP contribution in [0.3, 0.4) is 0 Å². The Labute approximate surface area is 150 Å². The molecule has 1 saturated heterocycles. The lowest BCUT2D eigenvalue weighted by Gasteiger charge is -2.29. The van der Waals surface area contributed by atoms with E-state index in [2.05, 4.69) is 15.1 Å². The van der Waals surface area contributed by atoms with Gasteiger partial charge in [-0.15, -0.1) is 0 Å². The number of carbonyl (C=O) groups excluding carboxylic acids is 1. The second-order valence-electron chi connectivity index (χ2n) is 6.46. The van der Waals surface area contributed by atoms with Crippen LogP contribution in [0.1, 0.15) is 32.1 Å². The number of morpholine rings is 1. The topological polar surface area (TPSA) is 98.8 Å². The molecule has 4 rings (SSSR count). The summed E-state index contributed by atoms with van der Waals surface area (Å²) < 4.78 is 5.36. The van der Waals surface area contributed by atoms with Crippen molar-refractivity contribution in [1.82, 2.24) is 15.1 Å². The van der Waals surface area contributed by atoms with Crippen LogP contribution in [0.5, 0.6) is 0 Å². The van der Waals surface area contributed by atoms with Crippen LogP contribution in [0.2, 0.25) is 0 Å². The summed E-state index contributed by atoms with van der Waals surface area (Å²) >= 11 is 0. The molecule has 1 aromatic heterocycles. The van der Waals surface area contributed by atoms with Crippen molar-refractivity contribution >= 4 is 17.6 Å². The lowest BCUT2D eigenvalue weighted by atomic mass is 10.0. The molecular weight excluding hydrogens is 336 g/mol. The maximum absolute atomic E-state index is 12.8. The molecule has 2 aromatic rings. The van der Waals surface area contributed by atoms with Crippen LogP contribution in [-0.4, -0.2) is 64.9 Å². The Morgan fingerprint density at radius 3 is 2.54 bits per heavy atom. The maximum atomic E-state index is 12.8. The predicted molar refractivity (Wildman–Crippen MR) is 93.5 cm³/mol. The number of aromatic carboxylic acids is 1. The number of benzene rings is 1. The number of carboxylic acid groups (broad SMARTS) is 1. The molecule has 1 fully saturated rings. The van der Waals surface area contributed by atoms with Crippen molar-refractivity contribution in [1.29, 1.82) is 0 Å². The Morgan fingerprint density at radius 2 is 1.85 bits per heavy atom. The van der Waals surface area contributed by atoms with Gasteiger partial charge in [-0.25, -0.2) is 4.79 Å².